The van der Waals surface area contributed by atoms with E-state index in [1.807, 2.05) is 30.3 Å². The first-order chi connectivity index (χ1) is 15.0. The molecular weight excluding hydrogens is 398 g/mol. The molecule has 9 heteroatoms. The monoisotopic (exact) mass is 417 g/mol. The summed E-state index contributed by atoms with van der Waals surface area (Å²) in [5, 5.41) is 14.0. The Morgan fingerprint density at radius 2 is 1.81 bits per heavy atom. The summed E-state index contributed by atoms with van der Waals surface area (Å²) in [5.41, 5.74) is 5.01. The molecule has 0 fully saturated rings. The van der Waals surface area contributed by atoms with Crippen molar-refractivity contribution >= 4 is 22.6 Å². The van der Waals surface area contributed by atoms with Gasteiger partial charge in [-0.3, -0.25) is 15.0 Å². The summed E-state index contributed by atoms with van der Waals surface area (Å²) in [6.45, 7) is 1.92. The molecule has 2 aromatic carbocycles. The fourth-order valence-corrected chi connectivity index (χ4v) is 2.85. The van der Waals surface area contributed by atoms with E-state index in [2.05, 4.69) is 16.0 Å². The van der Waals surface area contributed by atoms with Gasteiger partial charge >= 0.3 is 5.97 Å². The molecule has 0 atom stereocenters. The van der Waals surface area contributed by atoms with Crippen molar-refractivity contribution < 1.29 is 14.3 Å². The van der Waals surface area contributed by atoms with Crippen LogP contribution in [0.2, 0.25) is 0 Å². The minimum Gasteiger partial charge on any atom is -0.462 e. The number of nitrogens with one attached hydrogen (secondary N) is 2. The van der Waals surface area contributed by atoms with Crippen LogP contribution in [0.3, 0.4) is 0 Å². The number of hydrogen-bond donors (Lipinski definition) is 2. The van der Waals surface area contributed by atoms with Crippen molar-refractivity contribution in [1.82, 2.24) is 20.6 Å². The summed E-state index contributed by atoms with van der Waals surface area (Å²) in [6.07, 6.45) is 1.03. The fourth-order valence-electron chi connectivity index (χ4n) is 2.85. The highest BCUT2D eigenvalue weighted by Gasteiger charge is 2.17. The van der Waals surface area contributed by atoms with Gasteiger partial charge in [0.1, 0.15) is 6.07 Å². The van der Waals surface area contributed by atoms with Crippen molar-refractivity contribution in [1.29, 1.82) is 5.26 Å². The average Bonchev–Trinajstić information content (AvgIpc) is 2.79. The van der Waals surface area contributed by atoms with Crippen LogP contribution < -0.4 is 16.4 Å². The average molecular weight is 417 g/mol. The molecule has 0 aliphatic heterocycles. The van der Waals surface area contributed by atoms with Crippen LogP contribution >= 0.6 is 0 Å². The quantitative estimate of drug-likeness (QED) is 0.259. The number of ether oxygens (including phenoxy) is 1. The molecule has 0 radical (unpaired) electrons. The Bertz CT molecular complexity index is 1240. The van der Waals surface area contributed by atoms with Gasteiger partial charge in [0.2, 0.25) is 0 Å². The minimum atomic E-state index is -0.813. The number of fused-ring (bicyclic) bond motifs is 1. The van der Waals surface area contributed by atoms with E-state index in [-0.39, 0.29) is 30.0 Å². The maximum atomic E-state index is 12.8. The zero-order valence-electron chi connectivity index (χ0n) is 16.7. The molecule has 0 aliphatic rings. The van der Waals surface area contributed by atoms with E-state index in [0.29, 0.717) is 10.8 Å². The lowest BCUT2D eigenvalue weighted by atomic mass is 10.1. The van der Waals surface area contributed by atoms with Gasteiger partial charge in [-0.05, 0) is 18.6 Å². The number of nitrogens with zero attached hydrogens (tertiary/aromatic N) is 3. The van der Waals surface area contributed by atoms with Crippen LogP contribution in [-0.2, 0) is 16.1 Å². The highest BCUT2D eigenvalue weighted by molar-refractivity contribution is 6.04. The number of hydrazine groups is 1. The molecule has 0 spiro atoms. The van der Waals surface area contributed by atoms with E-state index in [1.165, 1.54) is 4.68 Å². The van der Waals surface area contributed by atoms with E-state index in [9.17, 15) is 14.4 Å². The van der Waals surface area contributed by atoms with E-state index >= 15 is 0 Å². The Labute approximate surface area is 177 Å². The summed E-state index contributed by atoms with van der Waals surface area (Å²) in [4.78, 5) is 37.2. The Hall–Kier alpha value is -4.45. The van der Waals surface area contributed by atoms with Crippen LogP contribution in [0, 0.1) is 11.3 Å². The lowest BCUT2D eigenvalue weighted by molar-refractivity contribution is -0.138. The smallest absolute Gasteiger partial charge is 0.350 e. The van der Waals surface area contributed by atoms with Crippen molar-refractivity contribution in [3.63, 3.8) is 0 Å². The van der Waals surface area contributed by atoms with E-state index in [4.69, 9.17) is 10.00 Å². The highest BCUT2D eigenvalue weighted by atomic mass is 16.5. The van der Waals surface area contributed by atoms with Crippen molar-refractivity contribution in [2.75, 3.05) is 6.61 Å². The molecular formula is C22H19N5O4. The van der Waals surface area contributed by atoms with Gasteiger partial charge in [0.05, 0.1) is 18.5 Å². The first kappa shape index (κ1) is 21.3. The predicted octanol–water partition coefficient (Wildman–Crippen LogP) is 1.65. The second-order valence-electron chi connectivity index (χ2n) is 6.33. The standard InChI is InChI=1S/C22H19N5O4/c1-2-31-22(30)16(12-23)13-24-25-20(28)19-17-10-6-7-11-18(17)21(29)27(26-19)14-15-8-4-3-5-9-15/h3-11,13,24H,2,14H2,1H3,(H,25,28)/b16-13+. The number of rotatable bonds is 7. The Balaban J connectivity index is 1.91. The van der Waals surface area contributed by atoms with E-state index in [0.717, 1.165) is 11.8 Å². The minimum absolute atomic E-state index is 0.0154. The van der Waals surface area contributed by atoms with Gasteiger partial charge in [-0.1, -0.05) is 48.5 Å². The molecule has 0 saturated heterocycles. The second-order valence-corrected chi connectivity index (χ2v) is 6.33. The summed E-state index contributed by atoms with van der Waals surface area (Å²) in [6, 6.07) is 17.6. The first-order valence-electron chi connectivity index (χ1n) is 9.42. The van der Waals surface area contributed by atoms with Crippen LogP contribution in [0.4, 0.5) is 0 Å². The predicted molar refractivity (Wildman–Crippen MR) is 112 cm³/mol. The van der Waals surface area contributed by atoms with E-state index in [1.54, 1.807) is 37.3 Å². The third-order valence-electron chi connectivity index (χ3n) is 4.28. The summed E-state index contributed by atoms with van der Waals surface area (Å²) in [7, 11) is 0. The van der Waals surface area contributed by atoms with Crippen LogP contribution in [0.1, 0.15) is 23.0 Å². The van der Waals surface area contributed by atoms with Gasteiger partial charge in [0.25, 0.3) is 11.5 Å². The number of hydrogen-bond acceptors (Lipinski definition) is 7. The zero-order chi connectivity index (χ0) is 22.2. The molecule has 0 saturated carbocycles. The Kier molecular flexibility index (Phi) is 6.75. The van der Waals surface area contributed by atoms with Crippen molar-refractivity contribution in [3.8, 4) is 6.07 Å². The molecule has 1 amide bonds. The molecule has 2 N–H and O–H groups in total. The zero-order valence-corrected chi connectivity index (χ0v) is 16.7. The molecule has 0 bridgehead atoms. The van der Waals surface area contributed by atoms with Crippen molar-refractivity contribution in [2.24, 2.45) is 0 Å². The van der Waals surface area contributed by atoms with Crippen LogP contribution in [0.5, 0.6) is 0 Å². The number of carbonyl (C=O) groups excluding carboxylic acids is 2. The molecule has 9 nitrogen and oxygen atoms in total. The van der Waals surface area contributed by atoms with Crippen LogP contribution in [-0.4, -0.2) is 28.3 Å². The van der Waals surface area contributed by atoms with E-state index < -0.39 is 11.9 Å². The lowest BCUT2D eigenvalue weighted by Gasteiger charge is -2.11. The number of benzene rings is 2. The maximum Gasteiger partial charge on any atom is 0.350 e. The second kappa shape index (κ2) is 9.84. The lowest BCUT2D eigenvalue weighted by Crippen LogP contribution is -2.37. The molecule has 0 aliphatic carbocycles. The van der Waals surface area contributed by atoms with Gasteiger partial charge in [0, 0.05) is 11.6 Å². The SMILES string of the molecule is CCOC(=O)/C(C#N)=C/NNC(=O)c1nn(Cc2ccccc2)c(=O)c2ccccc12. The highest BCUT2D eigenvalue weighted by Crippen LogP contribution is 2.13. The number of esters is 1. The summed E-state index contributed by atoms with van der Waals surface area (Å²) >= 11 is 0. The molecule has 1 heterocycles. The topological polar surface area (TPSA) is 126 Å². The summed E-state index contributed by atoms with van der Waals surface area (Å²) < 4.78 is 5.97. The largest absolute Gasteiger partial charge is 0.462 e. The third-order valence-corrected chi connectivity index (χ3v) is 4.28. The molecule has 156 valence electrons. The number of amides is 1. The molecule has 3 rings (SSSR count). The number of nitriles is 1. The van der Waals surface area contributed by atoms with Gasteiger partial charge in [-0.15, -0.1) is 0 Å². The van der Waals surface area contributed by atoms with Gasteiger partial charge < -0.3 is 10.2 Å². The van der Waals surface area contributed by atoms with Crippen LogP contribution in [0.25, 0.3) is 10.8 Å². The molecule has 0 unspecified atom stereocenters. The van der Waals surface area contributed by atoms with Crippen molar-refractivity contribution in [2.45, 2.75) is 13.5 Å². The van der Waals surface area contributed by atoms with Crippen molar-refractivity contribution in [3.05, 3.63) is 88.0 Å². The Morgan fingerprint density at radius 3 is 2.48 bits per heavy atom. The van der Waals surface area contributed by atoms with Gasteiger partial charge in [-0.2, -0.15) is 10.4 Å². The molecule has 1 aromatic heterocycles. The summed E-state index contributed by atoms with van der Waals surface area (Å²) in [5.74, 6) is -1.46. The van der Waals surface area contributed by atoms with Gasteiger partial charge in [0.15, 0.2) is 11.3 Å². The fraction of sp³-hybridized carbons (Fsp3) is 0.136. The normalized spacial score (nSPS) is 10.9. The Morgan fingerprint density at radius 1 is 1.13 bits per heavy atom. The maximum absolute atomic E-state index is 12.8. The van der Waals surface area contributed by atoms with Crippen LogP contribution in [0.15, 0.2) is 71.2 Å². The van der Waals surface area contributed by atoms with Gasteiger partial charge in [-0.25, -0.2) is 9.48 Å². The molecule has 3 aromatic rings. The number of aromatic nitrogens is 2. The first-order valence-corrected chi connectivity index (χ1v) is 9.42. The number of carbonyl (C=O) groups is 2. The third kappa shape index (κ3) is 4.94. The molecule has 31 heavy (non-hydrogen) atoms.